The van der Waals surface area contributed by atoms with Crippen LogP contribution in [0.3, 0.4) is 0 Å². The average Bonchev–Trinajstić information content (AvgIpc) is 3.48. The summed E-state index contributed by atoms with van der Waals surface area (Å²) in [5.74, 6) is 7.34. The largest absolute Gasteiger partial charge is 0.339 e. The molecular formula is C24H20N4OS2. The third-order valence-corrected chi connectivity index (χ3v) is 7.48. The summed E-state index contributed by atoms with van der Waals surface area (Å²) in [6.07, 6.45) is 3.85. The highest BCUT2D eigenvalue weighted by Crippen LogP contribution is 2.31. The van der Waals surface area contributed by atoms with Gasteiger partial charge in [-0.2, -0.15) is 0 Å². The zero-order valence-corrected chi connectivity index (χ0v) is 18.3. The zero-order valence-electron chi connectivity index (χ0n) is 16.7. The minimum atomic E-state index is -1.20. The predicted molar refractivity (Wildman–Crippen MR) is 126 cm³/mol. The minimum absolute atomic E-state index is 0.286. The van der Waals surface area contributed by atoms with Crippen molar-refractivity contribution in [1.82, 2.24) is 15.3 Å². The molecular weight excluding hydrogens is 424 g/mol. The fraction of sp³-hybridized carbons (Fsp3) is 0.167. The summed E-state index contributed by atoms with van der Waals surface area (Å²) < 4.78 is 13.7. The van der Waals surface area contributed by atoms with Gasteiger partial charge < -0.3 is 10.6 Å². The molecule has 7 heteroatoms. The van der Waals surface area contributed by atoms with Gasteiger partial charge in [0.15, 0.2) is 5.82 Å². The molecule has 4 aromatic rings. The molecule has 2 N–H and O–H groups in total. The summed E-state index contributed by atoms with van der Waals surface area (Å²) in [6.45, 7) is 1.04. The van der Waals surface area contributed by atoms with Gasteiger partial charge in [-0.1, -0.05) is 30.0 Å². The number of nitrogens with one attached hydrogen (secondary N) is 2. The van der Waals surface area contributed by atoms with Crippen molar-refractivity contribution in [3.05, 3.63) is 71.9 Å². The van der Waals surface area contributed by atoms with Crippen molar-refractivity contribution in [2.24, 2.45) is 0 Å². The van der Waals surface area contributed by atoms with E-state index >= 15 is 0 Å². The highest BCUT2D eigenvalue weighted by atomic mass is 32.2. The number of thiophene rings is 1. The number of anilines is 2. The summed E-state index contributed by atoms with van der Waals surface area (Å²) in [6, 6.07) is 19.4. The lowest BCUT2D eigenvalue weighted by molar-refractivity contribution is 0.683. The van der Waals surface area contributed by atoms with Crippen LogP contribution in [-0.4, -0.2) is 26.8 Å². The van der Waals surface area contributed by atoms with Crippen LogP contribution >= 0.6 is 11.3 Å². The second-order valence-corrected chi connectivity index (χ2v) is 9.73. The van der Waals surface area contributed by atoms with Crippen molar-refractivity contribution >= 4 is 43.9 Å². The maximum absolute atomic E-state index is 12.7. The van der Waals surface area contributed by atoms with Gasteiger partial charge in [-0.25, -0.2) is 14.2 Å². The molecule has 1 aliphatic heterocycles. The number of benzene rings is 2. The van der Waals surface area contributed by atoms with E-state index in [-0.39, 0.29) is 6.04 Å². The van der Waals surface area contributed by atoms with E-state index in [1.807, 2.05) is 60.7 Å². The van der Waals surface area contributed by atoms with Gasteiger partial charge in [0.05, 0.1) is 31.9 Å². The van der Waals surface area contributed by atoms with Crippen molar-refractivity contribution in [2.45, 2.75) is 28.7 Å². The van der Waals surface area contributed by atoms with Crippen molar-refractivity contribution in [2.75, 3.05) is 11.9 Å². The topological polar surface area (TPSA) is 66.9 Å². The molecule has 1 saturated heterocycles. The number of fused-ring (bicyclic) bond motifs is 1. The van der Waals surface area contributed by atoms with E-state index in [1.54, 1.807) is 17.7 Å². The normalized spacial score (nSPS) is 16.6. The van der Waals surface area contributed by atoms with E-state index in [2.05, 4.69) is 32.4 Å². The van der Waals surface area contributed by atoms with Crippen LogP contribution in [0.5, 0.6) is 0 Å². The number of hydrogen-bond donors (Lipinski definition) is 2. The fourth-order valence-corrected chi connectivity index (χ4v) is 5.43. The first-order valence-corrected chi connectivity index (χ1v) is 12.1. The Hall–Kier alpha value is -3.05. The van der Waals surface area contributed by atoms with Gasteiger partial charge in [-0.3, -0.25) is 0 Å². The molecule has 2 aromatic heterocycles. The molecule has 0 saturated carbocycles. The van der Waals surface area contributed by atoms with Crippen LogP contribution in [0.1, 0.15) is 17.7 Å². The molecule has 0 aliphatic carbocycles. The van der Waals surface area contributed by atoms with Crippen LogP contribution in [0.25, 0.3) is 10.2 Å². The van der Waals surface area contributed by atoms with Gasteiger partial charge in [0, 0.05) is 15.5 Å². The maximum atomic E-state index is 12.7. The summed E-state index contributed by atoms with van der Waals surface area (Å²) in [5.41, 5.74) is 1.76. The van der Waals surface area contributed by atoms with Crippen molar-refractivity contribution < 1.29 is 4.21 Å². The average molecular weight is 445 g/mol. The van der Waals surface area contributed by atoms with Crippen LogP contribution < -0.4 is 10.6 Å². The van der Waals surface area contributed by atoms with Gasteiger partial charge in [0.1, 0.15) is 6.33 Å². The first-order valence-electron chi connectivity index (χ1n) is 10.1. The Morgan fingerprint density at radius 2 is 1.87 bits per heavy atom. The summed E-state index contributed by atoms with van der Waals surface area (Å²) in [7, 11) is -1.20. The van der Waals surface area contributed by atoms with E-state index in [0.717, 1.165) is 49.4 Å². The molecule has 2 atom stereocenters. The number of aromatic nitrogens is 2. The third kappa shape index (κ3) is 4.52. The van der Waals surface area contributed by atoms with Gasteiger partial charge in [0.2, 0.25) is 0 Å². The van der Waals surface area contributed by atoms with Crippen molar-refractivity contribution in [1.29, 1.82) is 0 Å². The van der Waals surface area contributed by atoms with Gasteiger partial charge >= 0.3 is 0 Å². The van der Waals surface area contributed by atoms with Gasteiger partial charge in [-0.05, 0) is 61.9 Å². The summed E-state index contributed by atoms with van der Waals surface area (Å²) in [4.78, 5) is 11.4. The molecule has 0 spiro atoms. The van der Waals surface area contributed by atoms with Crippen LogP contribution in [0.15, 0.2) is 76.8 Å². The Bertz CT molecular complexity index is 1280. The van der Waals surface area contributed by atoms with Crippen molar-refractivity contribution in [3.8, 4) is 11.8 Å². The smallest absolute Gasteiger partial charge is 0.151 e. The summed E-state index contributed by atoms with van der Waals surface area (Å²) in [5, 5.41) is 6.76. The lowest BCUT2D eigenvalue weighted by Gasteiger charge is -2.07. The predicted octanol–water partition coefficient (Wildman–Crippen LogP) is 4.71. The molecule has 0 bridgehead atoms. The Balaban J connectivity index is 1.36. The monoisotopic (exact) mass is 444 g/mol. The molecule has 31 heavy (non-hydrogen) atoms. The molecule has 5 nitrogen and oxygen atoms in total. The number of hydrogen-bond acceptors (Lipinski definition) is 6. The second kappa shape index (κ2) is 8.98. The standard InChI is InChI=1S/C24H20N4OS2/c29-31(20-6-2-1-3-7-20)21-12-9-18(10-13-21)28-24-23-22(26-16-27-24)15-19(30-23)11-8-17-5-4-14-25-17/h1-3,6-7,9-10,12-13,15-17,25H,4-5,14H2,(H,26,27,28)/t17-,31?/m1/s1. The third-order valence-electron chi connectivity index (χ3n) is 5.03. The van der Waals surface area contributed by atoms with Crippen LogP contribution in [0, 0.1) is 11.8 Å². The lowest BCUT2D eigenvalue weighted by atomic mass is 10.2. The Morgan fingerprint density at radius 3 is 2.65 bits per heavy atom. The van der Waals surface area contributed by atoms with E-state index in [4.69, 9.17) is 0 Å². The maximum Gasteiger partial charge on any atom is 0.151 e. The highest BCUT2D eigenvalue weighted by molar-refractivity contribution is 7.85. The lowest BCUT2D eigenvalue weighted by Crippen LogP contribution is -2.18. The van der Waals surface area contributed by atoms with Crippen molar-refractivity contribution in [3.63, 3.8) is 0 Å². The molecule has 5 rings (SSSR count). The molecule has 1 fully saturated rings. The molecule has 1 aliphatic rings. The fourth-order valence-electron chi connectivity index (χ4n) is 3.45. The molecule has 2 aromatic carbocycles. The molecule has 0 amide bonds. The Kier molecular flexibility index (Phi) is 5.76. The minimum Gasteiger partial charge on any atom is -0.339 e. The van der Waals surface area contributed by atoms with Crippen LogP contribution in [0.2, 0.25) is 0 Å². The van der Waals surface area contributed by atoms with E-state index < -0.39 is 10.8 Å². The summed E-state index contributed by atoms with van der Waals surface area (Å²) >= 11 is 1.59. The van der Waals surface area contributed by atoms with E-state index in [0.29, 0.717) is 0 Å². The molecule has 154 valence electrons. The Labute approximate surface area is 187 Å². The Morgan fingerprint density at radius 1 is 1.06 bits per heavy atom. The first-order chi connectivity index (χ1) is 15.3. The quantitative estimate of drug-likeness (QED) is 0.447. The van der Waals surface area contributed by atoms with Gasteiger partial charge in [0.25, 0.3) is 0 Å². The first kappa shape index (κ1) is 19.9. The molecule has 0 radical (unpaired) electrons. The zero-order chi connectivity index (χ0) is 21.0. The second-order valence-electron chi connectivity index (χ2n) is 7.20. The number of rotatable bonds is 4. The van der Waals surface area contributed by atoms with E-state index in [9.17, 15) is 4.21 Å². The number of nitrogens with zero attached hydrogens (tertiary/aromatic N) is 2. The van der Waals surface area contributed by atoms with Crippen LogP contribution in [0.4, 0.5) is 11.5 Å². The molecule has 1 unspecified atom stereocenters. The van der Waals surface area contributed by atoms with E-state index in [1.165, 1.54) is 6.42 Å². The van der Waals surface area contributed by atoms with Gasteiger partial charge in [-0.15, -0.1) is 11.3 Å². The highest BCUT2D eigenvalue weighted by Gasteiger charge is 2.12. The SMILES string of the molecule is O=S(c1ccccc1)c1ccc(Nc2ncnc3cc(C#C[C@H]4CCCN4)sc23)cc1. The van der Waals surface area contributed by atoms with Crippen LogP contribution in [-0.2, 0) is 10.8 Å². The molecule has 3 heterocycles.